The Morgan fingerprint density at radius 1 is 0.221 bits per heavy atom. The van der Waals surface area contributed by atoms with E-state index in [0.717, 1.165) is 0 Å². The second-order valence-electron chi connectivity index (χ2n) is 31.5. The first kappa shape index (κ1) is 100. The number of thiophene rings is 1. The number of carbonyl (C=O) groups excluding carboxylic acids is 14. The van der Waals surface area contributed by atoms with Crippen molar-refractivity contribution in [3.63, 3.8) is 0 Å². The van der Waals surface area contributed by atoms with Gasteiger partial charge >= 0.3 is 0 Å². The minimum atomic E-state index is -0.244. The first-order chi connectivity index (χ1) is 70.7. The third kappa shape index (κ3) is 28.1. The second-order valence-corrected chi connectivity index (χ2v) is 32.5. The Morgan fingerprint density at radius 3 is 0.821 bits per heavy atom. The maximum absolute atomic E-state index is 12.1. The number of fused-ring (bicyclic) bond motifs is 7. The van der Waals surface area contributed by atoms with E-state index in [9.17, 15) is 67.1 Å². The molecule has 0 radical (unpaired) electrons. The van der Waals surface area contributed by atoms with Crippen molar-refractivity contribution in [1.29, 1.82) is 0 Å². The molecule has 0 aliphatic heterocycles. The molecule has 0 amide bonds. The average Bonchev–Trinajstić information content (AvgIpc) is 1.74. The molecule has 14 heterocycles. The van der Waals surface area contributed by atoms with Crippen molar-refractivity contribution in [2.24, 2.45) is 0 Å². The number of oxazole rings is 7. The average molecular weight is 1960 g/mol. The molecule has 145 heavy (non-hydrogen) atoms. The Labute approximate surface area is 823 Å². The molecule has 0 saturated heterocycles. The molecule has 37 heteroatoms. The van der Waals surface area contributed by atoms with Crippen molar-refractivity contribution in [2.45, 2.75) is 89.9 Å². The molecule has 0 atom stereocenters. The van der Waals surface area contributed by atoms with Crippen LogP contribution in [0.2, 0.25) is 0 Å². The van der Waals surface area contributed by atoms with Crippen molar-refractivity contribution in [3.8, 4) is 0 Å². The van der Waals surface area contributed by atoms with Gasteiger partial charge in [0.2, 0.25) is 0 Å². The Hall–Kier alpha value is -19.2. The zero-order valence-corrected chi connectivity index (χ0v) is 77.4. The van der Waals surface area contributed by atoms with Crippen molar-refractivity contribution in [1.82, 2.24) is 70.0 Å². The van der Waals surface area contributed by atoms with E-state index >= 15 is 0 Å². The minimum Gasteiger partial charge on any atom is -0.461 e. The summed E-state index contributed by atoms with van der Waals surface area (Å²) in [4.78, 5) is 216. The lowest BCUT2D eigenvalue weighted by Gasteiger charge is -2.01. The Morgan fingerprint density at radius 2 is 0.524 bits per heavy atom. The molecule has 720 valence electrons. The van der Waals surface area contributed by atoms with Gasteiger partial charge in [-0.3, -0.25) is 82.1 Å². The van der Waals surface area contributed by atoms with Gasteiger partial charge in [0.25, 0.3) is 0 Å². The first-order valence-corrected chi connectivity index (χ1v) is 45.7. The summed E-state index contributed by atoms with van der Waals surface area (Å²) >= 11 is 1.40. The summed E-state index contributed by atoms with van der Waals surface area (Å²) < 4.78 is 40.8. The highest BCUT2D eigenvalue weighted by atomic mass is 32.1. The number of rotatable bonds is 35. The van der Waals surface area contributed by atoms with Crippen molar-refractivity contribution in [3.05, 3.63) is 396 Å². The fraction of sp³-hybridized carbons (Fsp3) is 0.130. The number of benzene rings is 7. The molecule has 14 aromatic heterocycles. The highest BCUT2D eigenvalue weighted by molar-refractivity contribution is 7.12. The van der Waals surface area contributed by atoms with Crippen LogP contribution in [-0.4, -0.2) is 151 Å². The number of hydrogen-bond acceptors (Lipinski definition) is 37. The molecule has 21 aromatic rings. The fourth-order valence-corrected chi connectivity index (χ4v) is 14.8. The second kappa shape index (κ2) is 49.9. The van der Waals surface area contributed by atoms with E-state index < -0.39 is 0 Å². The van der Waals surface area contributed by atoms with Gasteiger partial charge in [0.05, 0.1) is 11.1 Å². The van der Waals surface area contributed by atoms with Crippen LogP contribution in [0.1, 0.15) is 235 Å². The van der Waals surface area contributed by atoms with E-state index in [1.807, 2.05) is 11.4 Å². The summed E-state index contributed by atoms with van der Waals surface area (Å²) in [6.07, 6.45) is 25.2. The zero-order valence-electron chi connectivity index (χ0n) is 76.6. The van der Waals surface area contributed by atoms with Crippen LogP contribution in [0.4, 0.5) is 0 Å². The van der Waals surface area contributed by atoms with Crippen LogP contribution in [-0.2, 0) is 0 Å². The highest BCUT2D eigenvalue weighted by Gasteiger charge is 2.22. The maximum atomic E-state index is 12.1. The van der Waals surface area contributed by atoms with E-state index in [0.29, 0.717) is 138 Å². The van der Waals surface area contributed by atoms with Crippen molar-refractivity contribution >= 4 is 170 Å². The van der Waals surface area contributed by atoms with E-state index in [2.05, 4.69) is 70.0 Å². The first-order valence-electron chi connectivity index (χ1n) is 44.8. The molecule has 0 fully saturated rings. The van der Waals surface area contributed by atoms with Crippen LogP contribution in [0.25, 0.3) is 77.7 Å². The maximum Gasteiger partial charge on any atom is 0.200 e. The molecule has 0 aliphatic rings. The van der Waals surface area contributed by atoms with Crippen molar-refractivity contribution < 1.29 is 102 Å². The summed E-state index contributed by atoms with van der Waals surface area (Å²) in [6, 6.07) is 59.0. The topological polar surface area (TPSA) is 525 Å². The molecule has 0 saturated carbocycles. The molecule has 7 aromatic carbocycles. The lowest BCUT2D eigenvalue weighted by Crippen LogP contribution is -2.08. The van der Waals surface area contributed by atoms with Gasteiger partial charge in [-0.25, -0.2) is 44.9 Å². The molecular weight excluding hydrogens is 1880 g/mol. The normalized spacial score (nSPS) is 10.7. The molecule has 36 nitrogen and oxygen atoms in total. The van der Waals surface area contributed by atoms with Crippen LogP contribution in [0, 0.1) is 0 Å². The number of pyridine rings is 3. The minimum absolute atomic E-state index is 0.0101. The standard InChI is InChI=1S/3C16H12N2O3.2C15H11N3O3.C15H11NO4.C15H11NO3S/c2*19-14(4-5-15(20)12-2-1-7-17-9-12)11-3-6-16-13(8-11)18-10-21-16;19-14(5-6-15(20)12-3-1-2-8-17-12)11-4-7-16-13(9-11)18-10-21-16;19-12(3-4-13(20)15-16-6-1-7-17-15)10-2-5-14-11(8-10)18-9-21-14;19-13(4-5-14(20)11-2-1-7-17-18-11)10-3-6-15-12(8-10)16-9-21-15;17-12(4-5-13(18)15-2-1-7-19-15)10-3-6-14-11(8-10)16-9-20-14;17-12(4-5-13(18)15-2-1-7-20-15)10-3-6-14-11(8-10)16-9-19-14/h2*1-3,6-10H,4-5H2;1-4,7-10H,5-6H2;1-2,5-9H,3-4H2;1-3,6-9H,4-5H2;2*1-3,6-9H,4-5H2. The number of furan rings is 1. The summed E-state index contributed by atoms with van der Waals surface area (Å²) in [5, 5.41) is 9.23. The fourth-order valence-electron chi connectivity index (χ4n) is 14.1. The Balaban J connectivity index is 0.000000127. The van der Waals surface area contributed by atoms with Crippen LogP contribution < -0.4 is 0 Å². The van der Waals surface area contributed by atoms with E-state index in [1.165, 1.54) is 93.3 Å². The smallest absolute Gasteiger partial charge is 0.200 e. The summed E-state index contributed by atoms with van der Waals surface area (Å²) in [5.41, 5.74) is 14.3. The lowest BCUT2D eigenvalue weighted by atomic mass is 10.0. The number of Topliss-reactive ketones (excluding diaryl/α,β-unsaturated/α-hetero) is 14. The molecule has 0 aliphatic carbocycles. The van der Waals surface area contributed by atoms with Gasteiger partial charge in [-0.1, -0.05) is 12.1 Å². The molecule has 0 spiro atoms. The molecule has 0 unspecified atom stereocenters. The van der Waals surface area contributed by atoms with E-state index in [-0.39, 0.29) is 188 Å². The molecular formula is C108H80N14O22S. The summed E-state index contributed by atoms with van der Waals surface area (Å²) in [5.74, 6) is -1.15. The summed E-state index contributed by atoms with van der Waals surface area (Å²) in [6.45, 7) is 0. The SMILES string of the molecule is O=C(CCC(=O)c1ccc2ocnc2c1)c1cccnc1.O=C(CCC(=O)c1ccc2ocnc2c1)c1cccnc1.O=C(CCC(=O)c1ccccn1)c1ccc2ocnc2c1.O=C(CCC(=O)c1cccnn1)c1ccc2ocnc2c1.O=C(CCC(=O)c1ccco1)c1ccc2ocnc2c1.O=C(CCC(=O)c1cccs1)c1ccc2ocnc2c1.O=C(CCC(=O)c1ncccn1)c1ccc2ocnc2c1. The Bertz CT molecular complexity index is 7230. The van der Waals surface area contributed by atoms with Gasteiger partial charge in [0, 0.05) is 190 Å². The van der Waals surface area contributed by atoms with Crippen LogP contribution in [0.5, 0.6) is 0 Å². The quantitative estimate of drug-likeness (QED) is 0.0333. The third-order valence-electron chi connectivity index (χ3n) is 21.8. The van der Waals surface area contributed by atoms with Gasteiger partial charge in [-0.15, -0.1) is 16.4 Å². The molecule has 0 bridgehead atoms. The van der Waals surface area contributed by atoms with E-state index in [1.54, 1.807) is 225 Å². The lowest BCUT2D eigenvalue weighted by molar-refractivity contribution is 0.0902. The van der Waals surface area contributed by atoms with E-state index in [4.69, 9.17) is 35.3 Å². The largest absolute Gasteiger partial charge is 0.461 e. The van der Waals surface area contributed by atoms with Gasteiger partial charge in [0.15, 0.2) is 176 Å². The number of ketones is 14. The predicted molar refractivity (Wildman–Crippen MR) is 523 cm³/mol. The predicted octanol–water partition coefficient (Wildman–Crippen LogP) is 21.1. The third-order valence-corrected chi connectivity index (χ3v) is 22.7. The van der Waals surface area contributed by atoms with Gasteiger partial charge in [0.1, 0.15) is 50.0 Å². The summed E-state index contributed by atoms with van der Waals surface area (Å²) in [7, 11) is 0. The van der Waals surface area contributed by atoms with Gasteiger partial charge < -0.3 is 35.3 Å². The number of nitrogens with zero attached hydrogens (tertiary/aromatic N) is 14. The monoisotopic (exact) mass is 1960 g/mol. The Kier molecular flexibility index (Phi) is 34.5. The van der Waals surface area contributed by atoms with Crippen LogP contribution in [0.15, 0.2) is 354 Å². The van der Waals surface area contributed by atoms with Crippen LogP contribution >= 0.6 is 11.3 Å². The van der Waals surface area contributed by atoms with Crippen LogP contribution in [0.3, 0.4) is 0 Å². The zero-order chi connectivity index (χ0) is 101. The molecule has 0 N–H and O–H groups in total. The van der Waals surface area contributed by atoms with Gasteiger partial charge in [-0.05, 0) is 206 Å². The number of hydrogen-bond donors (Lipinski definition) is 0. The number of carbonyl (C=O) groups is 14. The highest BCUT2D eigenvalue weighted by Crippen LogP contribution is 2.26. The van der Waals surface area contributed by atoms with Gasteiger partial charge in [-0.2, -0.15) is 5.10 Å². The van der Waals surface area contributed by atoms with Crippen molar-refractivity contribution in [2.75, 3.05) is 0 Å². The molecule has 21 rings (SSSR count). The number of aromatic nitrogens is 14.